The predicted octanol–water partition coefficient (Wildman–Crippen LogP) is 4.62. The lowest BCUT2D eigenvalue weighted by atomic mass is 10.2. The van der Waals surface area contributed by atoms with Crippen molar-refractivity contribution in [2.45, 2.75) is 6.54 Å². The lowest BCUT2D eigenvalue weighted by Crippen LogP contribution is -2.48. The van der Waals surface area contributed by atoms with E-state index in [2.05, 4.69) is 23.1 Å². The molecule has 1 amide bonds. The zero-order valence-electron chi connectivity index (χ0n) is 14.2. The maximum absolute atomic E-state index is 12.3. The third kappa shape index (κ3) is 3.70. The van der Waals surface area contributed by atoms with E-state index in [-0.39, 0.29) is 5.91 Å². The third-order valence-corrected chi connectivity index (χ3v) is 6.00. The third-order valence-electron chi connectivity index (χ3n) is 4.57. The first-order chi connectivity index (χ1) is 12.7. The molecule has 2 aromatic heterocycles. The first-order valence-corrected chi connectivity index (χ1v) is 9.79. The van der Waals surface area contributed by atoms with Gasteiger partial charge in [-0.2, -0.15) is 0 Å². The summed E-state index contributed by atoms with van der Waals surface area (Å²) in [5.41, 5.74) is 1.08. The highest BCUT2D eigenvalue weighted by Gasteiger charge is 2.23. The van der Waals surface area contributed by atoms with Crippen LogP contribution in [0.1, 0.15) is 15.4 Å². The lowest BCUT2D eigenvalue weighted by Gasteiger charge is -2.34. The number of rotatable bonds is 4. The van der Waals surface area contributed by atoms with Gasteiger partial charge in [0.2, 0.25) is 0 Å². The summed E-state index contributed by atoms with van der Waals surface area (Å²) in [5.74, 6) is 0.396. The Balaban J connectivity index is 1.35. The molecule has 0 bridgehead atoms. The van der Waals surface area contributed by atoms with E-state index < -0.39 is 0 Å². The molecule has 0 radical (unpaired) electrons. The van der Waals surface area contributed by atoms with E-state index in [1.54, 1.807) is 23.5 Å². The quantitative estimate of drug-likeness (QED) is 0.656. The Labute approximate surface area is 161 Å². The molecule has 1 aliphatic heterocycles. The van der Waals surface area contributed by atoms with E-state index in [1.165, 1.54) is 16.0 Å². The Morgan fingerprint density at radius 3 is 2.58 bits per heavy atom. The van der Waals surface area contributed by atoms with Gasteiger partial charge < -0.3 is 9.32 Å². The molecule has 3 heterocycles. The molecule has 0 unspecified atom stereocenters. The number of benzene rings is 1. The molecule has 134 valence electrons. The fourth-order valence-corrected chi connectivity index (χ4v) is 4.54. The van der Waals surface area contributed by atoms with Gasteiger partial charge >= 0.3 is 0 Å². The van der Waals surface area contributed by atoms with Crippen LogP contribution >= 0.6 is 22.9 Å². The Kier molecular flexibility index (Phi) is 5.11. The highest BCUT2D eigenvalue weighted by molar-refractivity contribution is 7.15. The van der Waals surface area contributed by atoms with Gasteiger partial charge in [-0.05, 0) is 30.3 Å². The van der Waals surface area contributed by atoms with Gasteiger partial charge in [-0.3, -0.25) is 9.69 Å². The van der Waals surface area contributed by atoms with Crippen LogP contribution in [0.3, 0.4) is 0 Å². The molecule has 0 atom stereocenters. The molecular weight excluding hydrogens is 368 g/mol. The second kappa shape index (κ2) is 7.66. The molecule has 0 spiro atoms. The fraction of sp³-hybridized carbons (Fsp3) is 0.250. The monoisotopic (exact) mass is 386 g/mol. The average molecular weight is 387 g/mol. The van der Waals surface area contributed by atoms with E-state index in [0.29, 0.717) is 5.76 Å². The molecular formula is C20H19ClN2O2S. The molecule has 1 saturated heterocycles. The maximum atomic E-state index is 12.3. The van der Waals surface area contributed by atoms with E-state index in [0.717, 1.165) is 43.3 Å². The van der Waals surface area contributed by atoms with Gasteiger partial charge in [-0.15, -0.1) is 11.3 Å². The SMILES string of the molecule is O=C(c1ccco1)N1CCN(Cc2ccc(-c3ccccc3Cl)s2)CC1. The number of carbonyl (C=O) groups is 1. The number of carbonyl (C=O) groups excluding carboxylic acids is 1. The Morgan fingerprint density at radius 1 is 1.04 bits per heavy atom. The molecule has 0 aliphatic carbocycles. The van der Waals surface area contributed by atoms with Crippen molar-refractivity contribution in [2.24, 2.45) is 0 Å². The van der Waals surface area contributed by atoms with Gasteiger partial charge in [0, 0.05) is 53.1 Å². The van der Waals surface area contributed by atoms with Crippen molar-refractivity contribution >= 4 is 28.8 Å². The number of hydrogen-bond donors (Lipinski definition) is 0. The van der Waals surface area contributed by atoms with Crippen LogP contribution in [0.25, 0.3) is 10.4 Å². The maximum Gasteiger partial charge on any atom is 0.289 e. The van der Waals surface area contributed by atoms with Crippen molar-refractivity contribution in [3.63, 3.8) is 0 Å². The number of hydrogen-bond acceptors (Lipinski definition) is 4. The van der Waals surface area contributed by atoms with Crippen LogP contribution in [0.5, 0.6) is 0 Å². The van der Waals surface area contributed by atoms with Gasteiger partial charge in [0.25, 0.3) is 5.91 Å². The summed E-state index contributed by atoms with van der Waals surface area (Å²) in [6, 6.07) is 15.7. The van der Waals surface area contributed by atoms with Crippen LogP contribution in [0, 0.1) is 0 Å². The van der Waals surface area contributed by atoms with Gasteiger partial charge in [0.15, 0.2) is 5.76 Å². The summed E-state index contributed by atoms with van der Waals surface area (Å²) in [4.78, 5) is 19.1. The predicted molar refractivity (Wildman–Crippen MR) is 105 cm³/mol. The normalized spacial score (nSPS) is 15.3. The van der Waals surface area contributed by atoms with Gasteiger partial charge in [-0.1, -0.05) is 29.8 Å². The highest BCUT2D eigenvalue weighted by Crippen LogP contribution is 2.33. The minimum absolute atomic E-state index is 0.0215. The Hall–Kier alpha value is -2.08. The summed E-state index contributed by atoms with van der Waals surface area (Å²) in [6.45, 7) is 4.08. The van der Waals surface area contributed by atoms with Gasteiger partial charge in [0.1, 0.15) is 0 Å². The van der Waals surface area contributed by atoms with Crippen molar-refractivity contribution in [3.8, 4) is 10.4 Å². The van der Waals surface area contributed by atoms with E-state index in [9.17, 15) is 4.79 Å². The highest BCUT2D eigenvalue weighted by atomic mass is 35.5. The fourth-order valence-electron chi connectivity index (χ4n) is 3.15. The van der Waals surface area contributed by atoms with Crippen LogP contribution in [0.15, 0.2) is 59.2 Å². The zero-order valence-corrected chi connectivity index (χ0v) is 15.8. The van der Waals surface area contributed by atoms with Crippen LogP contribution in [-0.2, 0) is 6.54 Å². The molecule has 1 aromatic carbocycles. The van der Waals surface area contributed by atoms with Crippen LogP contribution in [0.4, 0.5) is 0 Å². The standard InChI is InChI=1S/C20H19ClN2O2S/c21-17-5-2-1-4-16(17)19-8-7-15(26-19)14-22-9-11-23(12-10-22)20(24)18-6-3-13-25-18/h1-8,13H,9-12,14H2. The molecule has 1 aliphatic rings. The van der Waals surface area contributed by atoms with Crippen LogP contribution in [-0.4, -0.2) is 41.9 Å². The summed E-state index contributed by atoms with van der Waals surface area (Å²) >= 11 is 8.08. The smallest absolute Gasteiger partial charge is 0.289 e. The number of thiophene rings is 1. The molecule has 4 nitrogen and oxygen atoms in total. The first-order valence-electron chi connectivity index (χ1n) is 8.59. The second-order valence-electron chi connectivity index (χ2n) is 6.29. The summed E-state index contributed by atoms with van der Waals surface area (Å²) in [6.07, 6.45) is 1.54. The van der Waals surface area contributed by atoms with Gasteiger partial charge in [-0.25, -0.2) is 0 Å². The van der Waals surface area contributed by atoms with Crippen molar-refractivity contribution in [2.75, 3.05) is 26.2 Å². The van der Waals surface area contributed by atoms with Crippen molar-refractivity contribution in [1.82, 2.24) is 9.80 Å². The second-order valence-corrected chi connectivity index (χ2v) is 7.87. The molecule has 6 heteroatoms. The Morgan fingerprint density at radius 2 is 1.85 bits per heavy atom. The Bertz CT molecular complexity index is 883. The van der Waals surface area contributed by atoms with E-state index >= 15 is 0 Å². The zero-order chi connectivity index (χ0) is 17.9. The van der Waals surface area contributed by atoms with E-state index in [4.69, 9.17) is 16.0 Å². The minimum Gasteiger partial charge on any atom is -0.459 e. The van der Waals surface area contributed by atoms with Crippen LogP contribution in [0.2, 0.25) is 5.02 Å². The first kappa shape index (κ1) is 17.3. The summed E-state index contributed by atoms with van der Waals surface area (Å²) in [5, 5.41) is 0.783. The largest absolute Gasteiger partial charge is 0.459 e. The number of piperazine rings is 1. The molecule has 0 N–H and O–H groups in total. The van der Waals surface area contributed by atoms with E-state index in [1.807, 2.05) is 23.1 Å². The molecule has 4 rings (SSSR count). The molecule has 1 fully saturated rings. The molecule has 26 heavy (non-hydrogen) atoms. The summed E-state index contributed by atoms with van der Waals surface area (Å²) < 4.78 is 5.21. The average Bonchev–Trinajstić information content (AvgIpc) is 3.34. The molecule has 0 saturated carbocycles. The number of furan rings is 1. The number of nitrogens with zero attached hydrogens (tertiary/aromatic N) is 2. The molecule has 3 aromatic rings. The van der Waals surface area contributed by atoms with Gasteiger partial charge in [0.05, 0.1) is 6.26 Å². The summed E-state index contributed by atoms with van der Waals surface area (Å²) in [7, 11) is 0. The van der Waals surface area contributed by atoms with Crippen molar-refractivity contribution < 1.29 is 9.21 Å². The number of halogens is 1. The topological polar surface area (TPSA) is 36.7 Å². The van der Waals surface area contributed by atoms with Crippen LogP contribution < -0.4 is 0 Å². The minimum atomic E-state index is -0.0215. The van der Waals surface area contributed by atoms with Crippen molar-refractivity contribution in [3.05, 3.63) is 70.5 Å². The lowest BCUT2D eigenvalue weighted by molar-refractivity contribution is 0.0599. The van der Waals surface area contributed by atoms with Crippen molar-refractivity contribution in [1.29, 1.82) is 0 Å². The number of amides is 1.